The number of rotatable bonds is 4. The van der Waals surface area contributed by atoms with Crippen molar-refractivity contribution < 1.29 is 4.74 Å². The zero-order valence-electron chi connectivity index (χ0n) is 12.2. The van der Waals surface area contributed by atoms with Gasteiger partial charge in [0.25, 0.3) is 0 Å². The van der Waals surface area contributed by atoms with E-state index >= 15 is 0 Å². The van der Waals surface area contributed by atoms with E-state index in [-0.39, 0.29) is 6.04 Å². The van der Waals surface area contributed by atoms with Gasteiger partial charge in [-0.1, -0.05) is 0 Å². The summed E-state index contributed by atoms with van der Waals surface area (Å²) in [4.78, 5) is 2.06. The van der Waals surface area contributed by atoms with Gasteiger partial charge in [0.1, 0.15) is 5.75 Å². The lowest BCUT2D eigenvalue weighted by molar-refractivity contribution is 0.293. The third-order valence-corrected chi connectivity index (χ3v) is 3.68. The smallest absolute Gasteiger partial charge is 0.122 e. The number of hydrogen-bond acceptors (Lipinski definition) is 3. The van der Waals surface area contributed by atoms with Crippen LogP contribution in [-0.2, 0) is 6.54 Å². The van der Waals surface area contributed by atoms with Crippen molar-refractivity contribution in [3.05, 3.63) is 28.3 Å². The SMILES string of the molecule is COc1cc(C)c(CN(C)C(C)C#N)c(C)c1C. The number of benzene rings is 1. The lowest BCUT2D eigenvalue weighted by Gasteiger charge is -2.23. The summed E-state index contributed by atoms with van der Waals surface area (Å²) in [5, 5.41) is 8.95. The Morgan fingerprint density at radius 2 is 1.94 bits per heavy atom. The molecule has 0 saturated carbocycles. The molecule has 0 fully saturated rings. The lowest BCUT2D eigenvalue weighted by atomic mass is 9.96. The molecule has 0 N–H and O–H groups in total. The maximum atomic E-state index is 8.95. The van der Waals surface area contributed by atoms with Gasteiger partial charge >= 0.3 is 0 Å². The van der Waals surface area contributed by atoms with E-state index in [0.29, 0.717) is 0 Å². The highest BCUT2D eigenvalue weighted by molar-refractivity contribution is 5.48. The van der Waals surface area contributed by atoms with Gasteiger partial charge in [-0.3, -0.25) is 4.90 Å². The fourth-order valence-corrected chi connectivity index (χ4v) is 2.04. The molecule has 1 aromatic rings. The summed E-state index contributed by atoms with van der Waals surface area (Å²) in [5.41, 5.74) is 4.93. The highest BCUT2D eigenvalue weighted by Crippen LogP contribution is 2.28. The molecule has 0 bridgehead atoms. The van der Waals surface area contributed by atoms with Crippen molar-refractivity contribution in [3.63, 3.8) is 0 Å². The van der Waals surface area contributed by atoms with Crippen LogP contribution in [0.2, 0.25) is 0 Å². The summed E-state index contributed by atoms with van der Waals surface area (Å²) < 4.78 is 5.37. The minimum atomic E-state index is -0.0776. The lowest BCUT2D eigenvalue weighted by Crippen LogP contribution is -2.27. The van der Waals surface area contributed by atoms with E-state index in [1.807, 2.05) is 14.0 Å². The first kappa shape index (κ1) is 14.5. The van der Waals surface area contributed by atoms with Crippen molar-refractivity contribution in [1.29, 1.82) is 5.26 Å². The highest BCUT2D eigenvalue weighted by Gasteiger charge is 2.14. The van der Waals surface area contributed by atoms with Gasteiger partial charge in [0.05, 0.1) is 19.2 Å². The van der Waals surface area contributed by atoms with Gasteiger partial charge < -0.3 is 4.74 Å². The second-order valence-electron chi connectivity index (χ2n) is 4.84. The van der Waals surface area contributed by atoms with Crippen LogP contribution >= 0.6 is 0 Å². The molecule has 0 aliphatic heterocycles. The van der Waals surface area contributed by atoms with Crippen molar-refractivity contribution in [2.45, 2.75) is 40.3 Å². The Bertz CT molecular complexity index is 474. The van der Waals surface area contributed by atoms with Crippen LogP contribution < -0.4 is 4.74 Å². The van der Waals surface area contributed by atoms with Gasteiger partial charge in [0, 0.05) is 6.54 Å². The molecule has 0 spiro atoms. The fraction of sp³-hybridized carbons (Fsp3) is 0.533. The molecule has 0 saturated heterocycles. The summed E-state index contributed by atoms with van der Waals surface area (Å²) in [7, 11) is 3.68. The van der Waals surface area contributed by atoms with Gasteiger partial charge in [0.2, 0.25) is 0 Å². The van der Waals surface area contributed by atoms with Crippen molar-refractivity contribution in [2.75, 3.05) is 14.2 Å². The maximum absolute atomic E-state index is 8.95. The van der Waals surface area contributed by atoms with Crippen molar-refractivity contribution in [1.82, 2.24) is 4.90 Å². The minimum absolute atomic E-state index is 0.0776. The van der Waals surface area contributed by atoms with Crippen LogP contribution in [0.25, 0.3) is 0 Å². The topological polar surface area (TPSA) is 36.3 Å². The third-order valence-electron chi connectivity index (χ3n) is 3.68. The molecule has 18 heavy (non-hydrogen) atoms. The number of methoxy groups -OCH3 is 1. The van der Waals surface area contributed by atoms with Crippen LogP contribution in [0.1, 0.15) is 29.2 Å². The molecule has 3 nitrogen and oxygen atoms in total. The van der Waals surface area contributed by atoms with Crippen molar-refractivity contribution >= 4 is 0 Å². The van der Waals surface area contributed by atoms with Crippen LogP contribution in [0.3, 0.4) is 0 Å². The van der Waals surface area contributed by atoms with E-state index in [4.69, 9.17) is 10.00 Å². The Kier molecular flexibility index (Phi) is 4.75. The molecule has 98 valence electrons. The van der Waals surface area contributed by atoms with Crippen LogP contribution in [0, 0.1) is 32.1 Å². The summed E-state index contributed by atoms with van der Waals surface area (Å²) in [6, 6.07) is 4.26. The van der Waals surface area contributed by atoms with Crippen LogP contribution in [0.4, 0.5) is 0 Å². The van der Waals surface area contributed by atoms with Crippen LogP contribution in [0.5, 0.6) is 5.75 Å². The Morgan fingerprint density at radius 1 is 1.33 bits per heavy atom. The summed E-state index contributed by atoms with van der Waals surface area (Å²) >= 11 is 0. The standard InChI is InChI=1S/C15H22N2O/c1-10-7-15(18-6)13(4)12(3)14(10)9-17(5)11(2)8-16/h7,11H,9H2,1-6H3. The molecule has 0 radical (unpaired) electrons. The molecule has 0 aliphatic rings. The average Bonchev–Trinajstić information content (AvgIpc) is 2.37. The molecule has 0 amide bonds. The first-order valence-electron chi connectivity index (χ1n) is 6.15. The number of nitriles is 1. The van der Waals surface area contributed by atoms with E-state index in [2.05, 4.69) is 37.8 Å². The Morgan fingerprint density at radius 3 is 2.44 bits per heavy atom. The second kappa shape index (κ2) is 5.88. The summed E-state index contributed by atoms with van der Waals surface area (Å²) in [5.74, 6) is 0.935. The molecule has 3 heteroatoms. The molecule has 1 unspecified atom stereocenters. The highest BCUT2D eigenvalue weighted by atomic mass is 16.5. The first-order valence-corrected chi connectivity index (χ1v) is 6.15. The van der Waals surface area contributed by atoms with E-state index in [1.165, 1.54) is 22.3 Å². The normalized spacial score (nSPS) is 12.3. The third kappa shape index (κ3) is 2.83. The first-order chi connectivity index (χ1) is 8.42. The van der Waals surface area contributed by atoms with Crippen molar-refractivity contribution in [2.24, 2.45) is 0 Å². The molecule has 1 atom stereocenters. The molecular formula is C15H22N2O. The number of hydrogen-bond donors (Lipinski definition) is 0. The zero-order valence-corrected chi connectivity index (χ0v) is 12.2. The average molecular weight is 246 g/mol. The largest absolute Gasteiger partial charge is 0.496 e. The molecule has 1 rings (SSSR count). The maximum Gasteiger partial charge on any atom is 0.122 e. The quantitative estimate of drug-likeness (QED) is 0.819. The number of aryl methyl sites for hydroxylation is 1. The van der Waals surface area contributed by atoms with Crippen LogP contribution in [-0.4, -0.2) is 25.1 Å². The monoisotopic (exact) mass is 246 g/mol. The Hall–Kier alpha value is -1.53. The summed E-state index contributed by atoms with van der Waals surface area (Å²) in [6.07, 6.45) is 0. The molecular weight excluding hydrogens is 224 g/mol. The van der Waals surface area contributed by atoms with E-state index in [9.17, 15) is 0 Å². The predicted molar refractivity (Wildman–Crippen MR) is 73.7 cm³/mol. The fourth-order valence-electron chi connectivity index (χ4n) is 2.04. The van der Waals surface area contributed by atoms with Crippen LogP contribution in [0.15, 0.2) is 6.07 Å². The Labute approximate surface area is 110 Å². The summed E-state index contributed by atoms with van der Waals surface area (Å²) in [6.45, 7) is 8.99. The van der Waals surface area contributed by atoms with Gasteiger partial charge in [-0.05, 0) is 63.1 Å². The number of ether oxygens (including phenoxy) is 1. The van der Waals surface area contributed by atoms with Gasteiger partial charge in [-0.15, -0.1) is 0 Å². The van der Waals surface area contributed by atoms with Gasteiger partial charge in [-0.2, -0.15) is 5.26 Å². The number of nitrogens with zero attached hydrogens (tertiary/aromatic N) is 2. The van der Waals surface area contributed by atoms with E-state index in [1.54, 1.807) is 7.11 Å². The molecule has 0 aromatic heterocycles. The predicted octanol–water partition coefficient (Wildman–Crippen LogP) is 2.96. The molecule has 1 aromatic carbocycles. The molecule has 0 heterocycles. The minimum Gasteiger partial charge on any atom is -0.496 e. The van der Waals surface area contributed by atoms with Crippen molar-refractivity contribution in [3.8, 4) is 11.8 Å². The Balaban J connectivity index is 3.11. The van der Waals surface area contributed by atoms with E-state index < -0.39 is 0 Å². The zero-order chi connectivity index (χ0) is 13.9. The second-order valence-corrected chi connectivity index (χ2v) is 4.84. The molecule has 0 aliphatic carbocycles. The van der Waals surface area contributed by atoms with E-state index in [0.717, 1.165) is 12.3 Å². The van der Waals surface area contributed by atoms with Gasteiger partial charge in [-0.25, -0.2) is 0 Å². The van der Waals surface area contributed by atoms with Gasteiger partial charge in [0.15, 0.2) is 0 Å².